The molecule has 0 saturated heterocycles. The minimum atomic E-state index is -0.814. The number of para-hydroxylation sites is 1. The highest BCUT2D eigenvalue weighted by Crippen LogP contribution is 2.30. The Bertz CT molecular complexity index is 681. The lowest BCUT2D eigenvalue weighted by Gasteiger charge is -2.31. The van der Waals surface area contributed by atoms with E-state index in [1.54, 1.807) is 0 Å². The molecule has 1 aromatic carbocycles. The number of aromatic amines is 1. The summed E-state index contributed by atoms with van der Waals surface area (Å²) < 4.78 is 0. The Balaban J connectivity index is 2.08. The number of aromatic nitrogens is 1. The second kappa shape index (κ2) is 4.45. The van der Waals surface area contributed by atoms with Crippen LogP contribution in [0.2, 0.25) is 0 Å². The third kappa shape index (κ3) is 1.88. The maximum absolute atomic E-state index is 11.4. The highest BCUT2D eigenvalue weighted by Gasteiger charge is 2.32. The Kier molecular flexibility index (Phi) is 2.77. The standard InChI is InChI=1S/C15H14N2O2/c1-2-7-17-9-13-11(8-14(17)15(18)19)10-5-3-4-6-12(10)16-13/h1,3-6,14,16H,7-9H2,(H,18,19)/t14-/m1/s1. The lowest BCUT2D eigenvalue weighted by atomic mass is 9.97. The van der Waals surface area contributed by atoms with Crippen molar-refractivity contribution in [3.63, 3.8) is 0 Å². The number of aliphatic carboxylic acids is 1. The van der Waals surface area contributed by atoms with Crippen molar-refractivity contribution in [1.29, 1.82) is 0 Å². The molecule has 0 bridgehead atoms. The van der Waals surface area contributed by atoms with Gasteiger partial charge in [-0.1, -0.05) is 24.1 Å². The summed E-state index contributed by atoms with van der Waals surface area (Å²) in [4.78, 5) is 16.6. The fourth-order valence-corrected chi connectivity index (χ4v) is 2.79. The Morgan fingerprint density at radius 3 is 3.05 bits per heavy atom. The molecule has 0 amide bonds. The van der Waals surface area contributed by atoms with Crippen molar-refractivity contribution in [2.45, 2.75) is 19.0 Å². The first kappa shape index (κ1) is 11.8. The monoisotopic (exact) mass is 254 g/mol. The van der Waals surface area contributed by atoms with E-state index in [2.05, 4.69) is 10.9 Å². The molecule has 1 aliphatic heterocycles. The summed E-state index contributed by atoms with van der Waals surface area (Å²) in [5.74, 6) is 1.72. The number of carbonyl (C=O) groups is 1. The summed E-state index contributed by atoms with van der Waals surface area (Å²) >= 11 is 0. The van der Waals surface area contributed by atoms with Gasteiger partial charge in [-0.15, -0.1) is 6.42 Å². The molecule has 19 heavy (non-hydrogen) atoms. The second-order valence-electron chi connectivity index (χ2n) is 4.79. The fourth-order valence-electron chi connectivity index (χ4n) is 2.79. The van der Waals surface area contributed by atoms with E-state index in [4.69, 9.17) is 6.42 Å². The number of benzene rings is 1. The van der Waals surface area contributed by atoms with Crippen LogP contribution >= 0.6 is 0 Å². The lowest BCUT2D eigenvalue weighted by molar-refractivity contribution is -0.143. The van der Waals surface area contributed by atoms with E-state index in [9.17, 15) is 9.90 Å². The highest BCUT2D eigenvalue weighted by molar-refractivity contribution is 5.86. The molecule has 2 N–H and O–H groups in total. The number of rotatable bonds is 2. The van der Waals surface area contributed by atoms with Crippen LogP contribution in [0.4, 0.5) is 0 Å². The molecule has 96 valence electrons. The number of carboxylic acid groups (broad SMARTS) is 1. The number of nitrogens with zero attached hydrogens (tertiary/aromatic N) is 1. The number of hydrogen-bond acceptors (Lipinski definition) is 2. The number of hydrogen-bond donors (Lipinski definition) is 2. The van der Waals surface area contributed by atoms with Gasteiger partial charge in [-0.05, 0) is 11.6 Å². The highest BCUT2D eigenvalue weighted by atomic mass is 16.4. The third-order valence-electron chi connectivity index (χ3n) is 3.68. The average Bonchev–Trinajstić information content (AvgIpc) is 2.75. The Labute approximate surface area is 111 Å². The molecule has 0 radical (unpaired) electrons. The van der Waals surface area contributed by atoms with Crippen LogP contribution in [0.1, 0.15) is 11.3 Å². The predicted molar refractivity (Wildman–Crippen MR) is 72.7 cm³/mol. The van der Waals surface area contributed by atoms with Crippen LogP contribution in [-0.2, 0) is 17.8 Å². The Morgan fingerprint density at radius 1 is 1.53 bits per heavy atom. The van der Waals surface area contributed by atoms with Crippen molar-refractivity contribution in [2.24, 2.45) is 0 Å². The van der Waals surface area contributed by atoms with E-state index in [1.807, 2.05) is 29.2 Å². The number of fused-ring (bicyclic) bond motifs is 3. The Morgan fingerprint density at radius 2 is 2.32 bits per heavy atom. The molecule has 4 nitrogen and oxygen atoms in total. The van der Waals surface area contributed by atoms with Gasteiger partial charge in [-0.25, -0.2) is 0 Å². The van der Waals surface area contributed by atoms with Crippen LogP contribution in [0.15, 0.2) is 24.3 Å². The molecule has 0 saturated carbocycles. The van der Waals surface area contributed by atoms with Crippen molar-refractivity contribution in [2.75, 3.05) is 6.54 Å². The molecule has 0 aliphatic carbocycles. The van der Waals surface area contributed by atoms with Gasteiger partial charge in [0.15, 0.2) is 0 Å². The lowest BCUT2D eigenvalue weighted by Crippen LogP contribution is -2.45. The zero-order chi connectivity index (χ0) is 13.4. The summed E-state index contributed by atoms with van der Waals surface area (Å²) in [6.07, 6.45) is 5.82. The van der Waals surface area contributed by atoms with Crippen LogP contribution in [0.25, 0.3) is 10.9 Å². The maximum atomic E-state index is 11.4. The average molecular weight is 254 g/mol. The smallest absolute Gasteiger partial charge is 0.321 e. The van der Waals surface area contributed by atoms with Gasteiger partial charge >= 0.3 is 5.97 Å². The van der Waals surface area contributed by atoms with Crippen molar-refractivity contribution < 1.29 is 9.90 Å². The van der Waals surface area contributed by atoms with Crippen LogP contribution in [0.3, 0.4) is 0 Å². The summed E-state index contributed by atoms with van der Waals surface area (Å²) in [6.45, 7) is 0.914. The number of carboxylic acids is 1. The van der Waals surface area contributed by atoms with Gasteiger partial charge in [0.05, 0.1) is 6.54 Å². The van der Waals surface area contributed by atoms with Crippen molar-refractivity contribution in [3.05, 3.63) is 35.5 Å². The van der Waals surface area contributed by atoms with E-state index in [0.29, 0.717) is 19.5 Å². The van der Waals surface area contributed by atoms with Gasteiger partial charge in [0.1, 0.15) is 6.04 Å². The molecule has 2 heterocycles. The van der Waals surface area contributed by atoms with E-state index in [1.165, 1.54) is 0 Å². The minimum absolute atomic E-state index is 0.353. The molecule has 1 aromatic heterocycles. The molecule has 0 spiro atoms. The van der Waals surface area contributed by atoms with Crippen molar-refractivity contribution in [1.82, 2.24) is 9.88 Å². The Hall–Kier alpha value is -2.25. The first-order chi connectivity index (χ1) is 9.20. The topological polar surface area (TPSA) is 56.3 Å². The molecule has 3 rings (SSSR count). The van der Waals surface area contributed by atoms with E-state index in [0.717, 1.165) is 22.2 Å². The number of H-pyrrole nitrogens is 1. The number of terminal acetylenes is 1. The molecular weight excluding hydrogens is 240 g/mol. The fraction of sp³-hybridized carbons (Fsp3) is 0.267. The molecule has 2 aromatic rings. The quantitative estimate of drug-likeness (QED) is 0.801. The molecule has 0 fully saturated rings. The van der Waals surface area contributed by atoms with Crippen LogP contribution in [-0.4, -0.2) is 33.5 Å². The molecule has 1 atom stereocenters. The molecule has 4 heteroatoms. The summed E-state index contributed by atoms with van der Waals surface area (Å²) in [6, 6.07) is 7.44. The van der Waals surface area contributed by atoms with E-state index < -0.39 is 12.0 Å². The first-order valence-corrected chi connectivity index (χ1v) is 6.19. The zero-order valence-corrected chi connectivity index (χ0v) is 10.4. The van der Waals surface area contributed by atoms with Gasteiger partial charge in [-0.3, -0.25) is 9.69 Å². The maximum Gasteiger partial charge on any atom is 0.321 e. The summed E-state index contributed by atoms with van der Waals surface area (Å²) in [7, 11) is 0. The van der Waals surface area contributed by atoms with E-state index >= 15 is 0 Å². The van der Waals surface area contributed by atoms with Crippen molar-refractivity contribution >= 4 is 16.9 Å². The van der Waals surface area contributed by atoms with Crippen LogP contribution < -0.4 is 0 Å². The van der Waals surface area contributed by atoms with Gasteiger partial charge < -0.3 is 10.1 Å². The molecule has 1 aliphatic rings. The second-order valence-corrected chi connectivity index (χ2v) is 4.79. The normalized spacial score (nSPS) is 19.0. The van der Waals surface area contributed by atoms with Gasteiger partial charge in [0.2, 0.25) is 0 Å². The summed E-state index contributed by atoms with van der Waals surface area (Å²) in [5.41, 5.74) is 3.24. The van der Waals surface area contributed by atoms with E-state index in [-0.39, 0.29) is 0 Å². The SMILES string of the molecule is C#CCN1Cc2[nH]c3ccccc3c2C[C@@H]1C(=O)O. The molecule has 0 unspecified atom stereocenters. The van der Waals surface area contributed by atoms with Crippen LogP contribution in [0, 0.1) is 12.3 Å². The predicted octanol–water partition coefficient (Wildman–Crippen LogP) is 1.61. The third-order valence-corrected chi connectivity index (χ3v) is 3.68. The minimum Gasteiger partial charge on any atom is -0.480 e. The largest absolute Gasteiger partial charge is 0.480 e. The zero-order valence-electron chi connectivity index (χ0n) is 10.4. The molecular formula is C15H14N2O2. The van der Waals surface area contributed by atoms with Crippen LogP contribution in [0.5, 0.6) is 0 Å². The summed E-state index contributed by atoms with van der Waals surface area (Å²) in [5, 5.41) is 10.5. The van der Waals surface area contributed by atoms with Gasteiger partial charge in [0.25, 0.3) is 0 Å². The first-order valence-electron chi connectivity index (χ1n) is 6.19. The van der Waals surface area contributed by atoms with Crippen molar-refractivity contribution in [3.8, 4) is 12.3 Å². The van der Waals surface area contributed by atoms with Gasteiger partial charge in [-0.2, -0.15) is 0 Å². The number of nitrogens with one attached hydrogen (secondary N) is 1. The van der Waals surface area contributed by atoms with Gasteiger partial charge in [0, 0.05) is 29.6 Å².